The van der Waals surface area contributed by atoms with Crippen LogP contribution in [-0.4, -0.2) is 59.2 Å². The van der Waals surface area contributed by atoms with Crippen molar-refractivity contribution in [1.29, 1.82) is 0 Å². The minimum Gasteiger partial charge on any atom is -0.379 e. The molecule has 3 rings (SSSR count). The summed E-state index contributed by atoms with van der Waals surface area (Å²) >= 11 is 5.43. The zero-order valence-corrected chi connectivity index (χ0v) is 17.0. The first-order valence-electron chi connectivity index (χ1n) is 9.52. The van der Waals surface area contributed by atoms with Gasteiger partial charge in [0.05, 0.1) is 25.5 Å². The first kappa shape index (κ1) is 19.8. The van der Waals surface area contributed by atoms with E-state index in [4.69, 9.17) is 22.1 Å². The normalized spacial score (nSPS) is 14.9. The molecule has 0 spiro atoms. The van der Waals surface area contributed by atoms with Crippen LogP contribution < -0.4 is 10.6 Å². The van der Waals surface area contributed by atoms with E-state index in [0.29, 0.717) is 11.7 Å². The average molecular weight is 388 g/mol. The summed E-state index contributed by atoms with van der Waals surface area (Å²) in [6.07, 6.45) is 0. The van der Waals surface area contributed by atoms with Crippen molar-refractivity contribution < 1.29 is 4.74 Å². The smallest absolute Gasteiger partial charge is 0.166 e. The van der Waals surface area contributed by atoms with Crippen molar-refractivity contribution in [3.05, 3.63) is 52.8 Å². The topological polar surface area (TPSA) is 54.4 Å². The zero-order valence-electron chi connectivity index (χ0n) is 16.2. The number of nitrogens with zero attached hydrogens (tertiary/aromatic N) is 3. The van der Waals surface area contributed by atoms with Crippen LogP contribution in [0.3, 0.4) is 0 Å². The quantitative estimate of drug-likeness (QED) is 0.707. The van der Waals surface area contributed by atoms with Crippen LogP contribution in [0.15, 0.2) is 30.3 Å². The van der Waals surface area contributed by atoms with Gasteiger partial charge < -0.3 is 15.4 Å². The minimum atomic E-state index is 0.690. The molecular formula is C20H29N5OS. The van der Waals surface area contributed by atoms with Crippen molar-refractivity contribution in [2.24, 2.45) is 0 Å². The maximum Gasteiger partial charge on any atom is 0.166 e. The van der Waals surface area contributed by atoms with E-state index >= 15 is 0 Å². The maximum atomic E-state index is 5.43. The van der Waals surface area contributed by atoms with Crippen LogP contribution in [0.5, 0.6) is 0 Å². The Kier molecular flexibility index (Phi) is 7.20. The summed E-state index contributed by atoms with van der Waals surface area (Å²) in [5.74, 6) is 0. The van der Waals surface area contributed by atoms with Gasteiger partial charge in [-0.1, -0.05) is 30.3 Å². The minimum absolute atomic E-state index is 0.690. The van der Waals surface area contributed by atoms with Crippen LogP contribution in [0.1, 0.15) is 22.5 Å². The van der Waals surface area contributed by atoms with E-state index in [1.165, 1.54) is 16.8 Å². The lowest BCUT2D eigenvalue weighted by Crippen LogP contribution is -2.43. The second-order valence-electron chi connectivity index (χ2n) is 6.86. The van der Waals surface area contributed by atoms with Crippen molar-refractivity contribution in [1.82, 2.24) is 25.3 Å². The van der Waals surface area contributed by atoms with Crippen LogP contribution in [-0.2, 0) is 17.8 Å². The zero-order chi connectivity index (χ0) is 19.1. The van der Waals surface area contributed by atoms with Crippen LogP contribution in [0.25, 0.3) is 0 Å². The lowest BCUT2D eigenvalue weighted by Gasteiger charge is -2.26. The third kappa shape index (κ3) is 5.76. The molecule has 0 saturated carbocycles. The largest absolute Gasteiger partial charge is 0.379 e. The van der Waals surface area contributed by atoms with E-state index in [0.717, 1.165) is 51.6 Å². The Morgan fingerprint density at radius 3 is 2.63 bits per heavy atom. The fraction of sp³-hybridized carbons (Fsp3) is 0.500. The molecule has 1 aromatic carbocycles. The van der Waals surface area contributed by atoms with Crippen LogP contribution in [0.2, 0.25) is 0 Å². The van der Waals surface area contributed by atoms with Crippen molar-refractivity contribution in [3.8, 4) is 0 Å². The van der Waals surface area contributed by atoms with Gasteiger partial charge in [-0.05, 0) is 31.6 Å². The first-order chi connectivity index (χ1) is 13.1. The molecule has 0 bridgehead atoms. The maximum absolute atomic E-state index is 5.43. The van der Waals surface area contributed by atoms with Gasteiger partial charge in [-0.2, -0.15) is 5.10 Å². The van der Waals surface area contributed by atoms with Crippen molar-refractivity contribution in [2.75, 3.05) is 39.4 Å². The fourth-order valence-electron chi connectivity index (χ4n) is 3.28. The number of thiocarbonyl (C=S) groups is 1. The third-order valence-corrected chi connectivity index (χ3v) is 5.24. The number of morpholine rings is 1. The van der Waals surface area contributed by atoms with Gasteiger partial charge in [-0.3, -0.25) is 9.58 Å². The molecular weight excluding hydrogens is 358 g/mol. The molecule has 146 valence electrons. The number of nitrogens with one attached hydrogen (secondary N) is 2. The Balaban J connectivity index is 1.46. The molecule has 0 radical (unpaired) electrons. The number of aryl methyl sites for hydroxylation is 1. The van der Waals surface area contributed by atoms with Crippen LogP contribution in [0, 0.1) is 13.8 Å². The Bertz CT molecular complexity index is 740. The summed E-state index contributed by atoms with van der Waals surface area (Å²) in [6, 6.07) is 10.4. The highest BCUT2D eigenvalue weighted by molar-refractivity contribution is 7.80. The highest BCUT2D eigenvalue weighted by atomic mass is 32.1. The number of hydrogen-bond donors (Lipinski definition) is 2. The lowest BCUT2D eigenvalue weighted by atomic mass is 10.2. The van der Waals surface area contributed by atoms with Gasteiger partial charge in [-0.25, -0.2) is 0 Å². The van der Waals surface area contributed by atoms with E-state index in [1.807, 2.05) is 6.07 Å². The molecule has 27 heavy (non-hydrogen) atoms. The molecule has 1 aliphatic rings. The van der Waals surface area contributed by atoms with E-state index in [9.17, 15) is 0 Å². The summed E-state index contributed by atoms with van der Waals surface area (Å²) in [5.41, 5.74) is 4.69. The predicted octanol–water partition coefficient (Wildman–Crippen LogP) is 1.84. The summed E-state index contributed by atoms with van der Waals surface area (Å²) in [5, 5.41) is 12.0. The first-order valence-corrected chi connectivity index (χ1v) is 9.93. The Hall–Kier alpha value is -1.96. The van der Waals surface area contributed by atoms with E-state index in [2.05, 4.69) is 58.3 Å². The molecule has 2 heterocycles. The Morgan fingerprint density at radius 2 is 1.89 bits per heavy atom. The highest BCUT2D eigenvalue weighted by Gasteiger charge is 2.13. The van der Waals surface area contributed by atoms with Gasteiger partial charge in [0, 0.05) is 44.0 Å². The predicted molar refractivity (Wildman–Crippen MR) is 112 cm³/mol. The van der Waals surface area contributed by atoms with Gasteiger partial charge >= 0.3 is 0 Å². The van der Waals surface area contributed by atoms with Gasteiger partial charge in [0.1, 0.15) is 0 Å². The van der Waals surface area contributed by atoms with Gasteiger partial charge in [-0.15, -0.1) is 0 Å². The van der Waals surface area contributed by atoms with Crippen LogP contribution >= 0.6 is 12.2 Å². The van der Waals surface area contributed by atoms with Gasteiger partial charge in [0.25, 0.3) is 0 Å². The van der Waals surface area contributed by atoms with Crippen LogP contribution in [0.4, 0.5) is 0 Å². The van der Waals surface area contributed by atoms with Gasteiger partial charge in [0.2, 0.25) is 0 Å². The number of hydrogen-bond acceptors (Lipinski definition) is 4. The monoisotopic (exact) mass is 387 g/mol. The van der Waals surface area contributed by atoms with E-state index in [-0.39, 0.29) is 0 Å². The molecule has 7 heteroatoms. The SMILES string of the molecule is Cc1nn(Cc2ccccc2)c(C)c1CNC(=S)NCCN1CCOCC1. The summed E-state index contributed by atoms with van der Waals surface area (Å²) in [7, 11) is 0. The molecule has 0 unspecified atom stereocenters. The molecule has 1 aliphatic heterocycles. The number of aromatic nitrogens is 2. The van der Waals surface area contributed by atoms with Crippen molar-refractivity contribution in [3.63, 3.8) is 0 Å². The molecule has 1 saturated heterocycles. The Labute approximate surface area is 166 Å². The molecule has 2 N–H and O–H groups in total. The lowest BCUT2D eigenvalue weighted by molar-refractivity contribution is 0.0389. The summed E-state index contributed by atoms with van der Waals surface area (Å²) < 4.78 is 7.43. The molecule has 0 atom stereocenters. The molecule has 0 amide bonds. The molecule has 1 fully saturated rings. The molecule has 0 aliphatic carbocycles. The highest BCUT2D eigenvalue weighted by Crippen LogP contribution is 2.14. The molecule has 2 aromatic rings. The summed E-state index contributed by atoms with van der Waals surface area (Å²) in [6.45, 7) is 11.1. The standard InChI is InChI=1S/C20H29N5OS/c1-16-19(17(2)25(23-16)15-18-6-4-3-5-7-18)14-22-20(27)21-8-9-24-10-12-26-13-11-24/h3-7H,8-15H2,1-2H3,(H2,21,22,27). The average Bonchev–Trinajstić information content (AvgIpc) is 2.95. The molecule has 6 nitrogen and oxygen atoms in total. The number of benzene rings is 1. The summed E-state index contributed by atoms with van der Waals surface area (Å²) in [4.78, 5) is 2.39. The third-order valence-electron chi connectivity index (χ3n) is 4.95. The van der Waals surface area contributed by atoms with E-state index < -0.39 is 0 Å². The number of ether oxygens (including phenoxy) is 1. The van der Waals surface area contributed by atoms with E-state index in [1.54, 1.807) is 0 Å². The fourth-order valence-corrected chi connectivity index (χ4v) is 3.46. The number of rotatable bonds is 7. The van der Waals surface area contributed by atoms with Crippen molar-refractivity contribution in [2.45, 2.75) is 26.9 Å². The van der Waals surface area contributed by atoms with Crippen molar-refractivity contribution >= 4 is 17.3 Å². The second kappa shape index (κ2) is 9.82. The second-order valence-corrected chi connectivity index (χ2v) is 7.26. The van der Waals surface area contributed by atoms with Gasteiger partial charge in [0.15, 0.2) is 5.11 Å². The molecule has 1 aromatic heterocycles. The Morgan fingerprint density at radius 1 is 1.15 bits per heavy atom.